The molecule has 2 rings (SSSR count). The van der Waals surface area contributed by atoms with E-state index < -0.39 is 17.2 Å². The van der Waals surface area contributed by atoms with E-state index in [1.807, 2.05) is 20.8 Å². The Hall–Kier alpha value is -2.05. The number of amides is 2. The zero-order valence-corrected chi connectivity index (χ0v) is 16.3. The largest absolute Gasteiger partial charge is 0.416 e. The molecule has 27 heavy (non-hydrogen) atoms. The summed E-state index contributed by atoms with van der Waals surface area (Å²) in [6.07, 6.45) is -2.89. The Labute approximate surface area is 158 Å². The lowest BCUT2D eigenvalue weighted by atomic mass is 9.90. The number of likely N-dealkylation sites (tertiary alicyclic amines) is 1. The maximum absolute atomic E-state index is 12.8. The van der Waals surface area contributed by atoms with E-state index in [9.17, 15) is 22.8 Å². The molecule has 1 aromatic rings. The predicted octanol–water partition coefficient (Wildman–Crippen LogP) is 3.95. The van der Waals surface area contributed by atoms with Crippen molar-refractivity contribution < 1.29 is 22.8 Å². The molecule has 1 aliphatic rings. The summed E-state index contributed by atoms with van der Waals surface area (Å²) >= 11 is 0. The Kier molecular flexibility index (Phi) is 6.22. The van der Waals surface area contributed by atoms with E-state index in [1.165, 1.54) is 17.0 Å². The van der Waals surface area contributed by atoms with Gasteiger partial charge in [-0.05, 0) is 30.5 Å². The maximum atomic E-state index is 12.8. The summed E-state index contributed by atoms with van der Waals surface area (Å²) in [5.41, 5.74) is -0.557. The van der Waals surface area contributed by atoms with Gasteiger partial charge in [-0.3, -0.25) is 9.59 Å². The molecule has 1 fully saturated rings. The Bertz CT molecular complexity index is 678. The van der Waals surface area contributed by atoms with Gasteiger partial charge in [0.05, 0.1) is 11.5 Å². The number of rotatable bonds is 3. The molecule has 0 aromatic heterocycles. The molecule has 150 valence electrons. The van der Waals surface area contributed by atoms with Crippen molar-refractivity contribution in [1.29, 1.82) is 0 Å². The van der Waals surface area contributed by atoms with E-state index in [0.29, 0.717) is 25.1 Å². The Morgan fingerprint density at radius 1 is 1.15 bits per heavy atom. The number of hydrogen-bond acceptors (Lipinski definition) is 2. The van der Waals surface area contributed by atoms with Crippen LogP contribution < -0.4 is 0 Å². The standard InChI is InChI=1S/C20H27F3N2O2/c1-19(2,3)18(27)25-11-5-6-15(13-25)17(26)24(4)12-14-7-9-16(10-8-14)20(21,22)23/h7-10,15H,5-6,11-13H2,1-4H3. The molecule has 1 heterocycles. The third-order valence-electron chi connectivity index (χ3n) is 4.78. The summed E-state index contributed by atoms with van der Waals surface area (Å²) in [5, 5.41) is 0. The highest BCUT2D eigenvalue weighted by Crippen LogP contribution is 2.29. The van der Waals surface area contributed by atoms with Crippen molar-refractivity contribution in [1.82, 2.24) is 9.80 Å². The molecule has 1 unspecified atom stereocenters. The Balaban J connectivity index is 1.99. The van der Waals surface area contributed by atoms with Crippen LogP contribution in [-0.4, -0.2) is 41.8 Å². The highest BCUT2D eigenvalue weighted by Gasteiger charge is 2.34. The van der Waals surface area contributed by atoms with E-state index in [2.05, 4.69) is 0 Å². The highest BCUT2D eigenvalue weighted by molar-refractivity contribution is 5.83. The lowest BCUT2D eigenvalue weighted by Gasteiger charge is -2.37. The smallest absolute Gasteiger partial charge is 0.341 e. The van der Waals surface area contributed by atoms with Gasteiger partial charge in [-0.2, -0.15) is 13.2 Å². The molecule has 7 heteroatoms. The van der Waals surface area contributed by atoms with E-state index in [1.54, 1.807) is 11.9 Å². The van der Waals surface area contributed by atoms with Gasteiger partial charge in [-0.15, -0.1) is 0 Å². The number of piperidine rings is 1. The fourth-order valence-electron chi connectivity index (χ4n) is 3.30. The van der Waals surface area contributed by atoms with Gasteiger partial charge in [0.2, 0.25) is 11.8 Å². The van der Waals surface area contributed by atoms with Crippen LogP contribution in [-0.2, 0) is 22.3 Å². The van der Waals surface area contributed by atoms with Gasteiger partial charge in [0.25, 0.3) is 0 Å². The molecule has 1 aromatic carbocycles. The average molecular weight is 384 g/mol. The molecule has 0 spiro atoms. The van der Waals surface area contributed by atoms with Crippen LogP contribution in [0.25, 0.3) is 0 Å². The lowest BCUT2D eigenvalue weighted by molar-refractivity contribution is -0.145. The van der Waals surface area contributed by atoms with Crippen molar-refractivity contribution in [2.75, 3.05) is 20.1 Å². The molecule has 0 radical (unpaired) electrons. The molecule has 0 bridgehead atoms. The van der Waals surface area contributed by atoms with Crippen molar-refractivity contribution in [2.24, 2.45) is 11.3 Å². The zero-order chi connectivity index (χ0) is 20.4. The third-order valence-corrected chi connectivity index (χ3v) is 4.78. The first-order valence-electron chi connectivity index (χ1n) is 9.10. The SMILES string of the molecule is CN(Cc1ccc(C(F)(F)F)cc1)C(=O)C1CCCN(C(=O)C(C)(C)C)C1. The van der Waals surface area contributed by atoms with Crippen molar-refractivity contribution in [3.63, 3.8) is 0 Å². The number of halogens is 3. The van der Waals surface area contributed by atoms with Crippen molar-refractivity contribution in [3.8, 4) is 0 Å². The summed E-state index contributed by atoms with van der Waals surface area (Å²) in [4.78, 5) is 28.5. The molecule has 1 atom stereocenters. The molecular weight excluding hydrogens is 357 g/mol. The molecule has 0 N–H and O–H groups in total. The van der Waals surface area contributed by atoms with Gasteiger partial charge in [0, 0.05) is 32.1 Å². The number of nitrogens with zero attached hydrogens (tertiary/aromatic N) is 2. The van der Waals surface area contributed by atoms with Crippen LogP contribution in [0.1, 0.15) is 44.7 Å². The number of benzene rings is 1. The lowest BCUT2D eigenvalue weighted by Crippen LogP contribution is -2.48. The molecule has 0 saturated carbocycles. The van der Waals surface area contributed by atoms with Crippen LogP contribution in [0, 0.1) is 11.3 Å². The fraction of sp³-hybridized carbons (Fsp3) is 0.600. The normalized spacial score (nSPS) is 18.3. The molecule has 4 nitrogen and oxygen atoms in total. The van der Waals surface area contributed by atoms with E-state index in [4.69, 9.17) is 0 Å². The fourth-order valence-corrected chi connectivity index (χ4v) is 3.30. The molecular formula is C20H27F3N2O2. The first kappa shape index (κ1) is 21.3. The summed E-state index contributed by atoms with van der Waals surface area (Å²) < 4.78 is 37.9. The number of carbonyl (C=O) groups excluding carboxylic acids is 2. The quantitative estimate of drug-likeness (QED) is 0.792. The summed E-state index contributed by atoms with van der Waals surface area (Å²) in [5.74, 6) is -0.323. The van der Waals surface area contributed by atoms with Gasteiger partial charge in [0.15, 0.2) is 0 Å². The van der Waals surface area contributed by atoms with Crippen molar-refractivity contribution >= 4 is 11.8 Å². The summed E-state index contributed by atoms with van der Waals surface area (Å²) in [6, 6.07) is 4.84. The van der Waals surface area contributed by atoms with Crippen LogP contribution in [0.15, 0.2) is 24.3 Å². The summed E-state index contributed by atoms with van der Waals surface area (Å²) in [7, 11) is 1.64. The molecule has 1 aliphatic heterocycles. The van der Waals surface area contributed by atoms with Gasteiger partial charge in [-0.25, -0.2) is 0 Å². The van der Waals surface area contributed by atoms with Gasteiger partial charge < -0.3 is 9.80 Å². The molecule has 0 aliphatic carbocycles. The van der Waals surface area contributed by atoms with Crippen LogP contribution in [0.5, 0.6) is 0 Å². The predicted molar refractivity (Wildman–Crippen MR) is 96.7 cm³/mol. The minimum atomic E-state index is -4.37. The minimum absolute atomic E-state index is 0.0328. The zero-order valence-electron chi connectivity index (χ0n) is 16.3. The van der Waals surface area contributed by atoms with E-state index >= 15 is 0 Å². The third kappa shape index (κ3) is 5.47. The van der Waals surface area contributed by atoms with Gasteiger partial charge in [0.1, 0.15) is 0 Å². The van der Waals surface area contributed by atoms with Gasteiger partial charge >= 0.3 is 6.18 Å². The Morgan fingerprint density at radius 2 is 1.74 bits per heavy atom. The monoisotopic (exact) mass is 384 g/mol. The van der Waals surface area contributed by atoms with Crippen LogP contribution >= 0.6 is 0 Å². The average Bonchev–Trinajstić information content (AvgIpc) is 2.59. The van der Waals surface area contributed by atoms with Crippen LogP contribution in [0.2, 0.25) is 0 Å². The first-order chi connectivity index (χ1) is 12.4. The van der Waals surface area contributed by atoms with E-state index in [0.717, 1.165) is 18.6 Å². The summed E-state index contributed by atoms with van der Waals surface area (Å²) in [6.45, 7) is 6.86. The Morgan fingerprint density at radius 3 is 2.26 bits per heavy atom. The molecule has 1 saturated heterocycles. The minimum Gasteiger partial charge on any atom is -0.341 e. The number of carbonyl (C=O) groups is 2. The number of alkyl halides is 3. The highest BCUT2D eigenvalue weighted by atomic mass is 19.4. The van der Waals surface area contributed by atoms with Crippen LogP contribution in [0.4, 0.5) is 13.2 Å². The topological polar surface area (TPSA) is 40.6 Å². The second-order valence-corrected chi connectivity index (χ2v) is 8.23. The van der Waals surface area contributed by atoms with Crippen LogP contribution in [0.3, 0.4) is 0 Å². The van der Waals surface area contributed by atoms with Crippen molar-refractivity contribution in [3.05, 3.63) is 35.4 Å². The second kappa shape index (κ2) is 7.90. The first-order valence-corrected chi connectivity index (χ1v) is 9.10. The maximum Gasteiger partial charge on any atom is 0.416 e. The second-order valence-electron chi connectivity index (χ2n) is 8.23. The van der Waals surface area contributed by atoms with Crippen molar-refractivity contribution in [2.45, 2.75) is 46.3 Å². The number of hydrogen-bond donors (Lipinski definition) is 0. The molecule has 2 amide bonds. The van der Waals surface area contributed by atoms with Gasteiger partial charge in [-0.1, -0.05) is 32.9 Å². The van der Waals surface area contributed by atoms with E-state index in [-0.39, 0.29) is 24.3 Å².